The van der Waals surface area contributed by atoms with Crippen molar-refractivity contribution in [2.45, 2.75) is 12.2 Å². The van der Waals surface area contributed by atoms with Gasteiger partial charge in [-0.05, 0) is 19.1 Å². The Morgan fingerprint density at radius 1 is 1.33 bits per heavy atom. The minimum Gasteiger partial charge on any atom is -0.396 e. The molecule has 1 aromatic heterocycles. The van der Waals surface area contributed by atoms with Crippen LogP contribution in [0.15, 0.2) is 18.3 Å². The molecule has 1 amide bonds. The van der Waals surface area contributed by atoms with E-state index in [1.807, 2.05) is 4.90 Å². The maximum Gasteiger partial charge on any atom is 0.240 e. The highest BCUT2D eigenvalue weighted by molar-refractivity contribution is 7.92. The third-order valence-electron chi connectivity index (χ3n) is 3.70. The van der Waals surface area contributed by atoms with Crippen LogP contribution in [0.1, 0.15) is 6.92 Å². The number of piperazine rings is 1. The highest BCUT2D eigenvalue weighted by atomic mass is 32.2. The molecule has 2 rings (SSSR count). The standard InChI is InChI=1S/C13H20N4O3S/c1-10(21(2,19)20)13(18)17-8-6-16(7-9-17)12-11(14)4-3-5-15-12/h3-5,10H,6-9,14H2,1-2H3. The number of rotatable bonds is 3. The van der Waals surface area contributed by atoms with Gasteiger partial charge in [-0.1, -0.05) is 0 Å². The van der Waals surface area contributed by atoms with Gasteiger partial charge in [-0.3, -0.25) is 4.79 Å². The van der Waals surface area contributed by atoms with Crippen molar-refractivity contribution in [3.63, 3.8) is 0 Å². The third kappa shape index (κ3) is 3.44. The maximum atomic E-state index is 12.1. The molecular formula is C13H20N4O3S. The number of nitrogens with two attached hydrogens (primary N) is 1. The highest BCUT2D eigenvalue weighted by Gasteiger charge is 2.30. The number of nitrogen functional groups attached to an aromatic ring is 1. The topological polar surface area (TPSA) is 96.6 Å². The van der Waals surface area contributed by atoms with Crippen molar-refractivity contribution in [2.24, 2.45) is 0 Å². The molecule has 0 saturated carbocycles. The summed E-state index contributed by atoms with van der Waals surface area (Å²) in [5.41, 5.74) is 6.49. The molecule has 1 fully saturated rings. The van der Waals surface area contributed by atoms with Gasteiger partial charge in [-0.2, -0.15) is 0 Å². The molecular weight excluding hydrogens is 292 g/mol. The van der Waals surface area contributed by atoms with Crippen LogP contribution in [0.3, 0.4) is 0 Å². The number of carbonyl (C=O) groups is 1. The molecule has 1 aliphatic heterocycles. The number of sulfone groups is 1. The summed E-state index contributed by atoms with van der Waals surface area (Å²) in [5, 5.41) is -0.996. The van der Waals surface area contributed by atoms with Gasteiger partial charge >= 0.3 is 0 Å². The predicted octanol–water partition coefficient (Wildman–Crippen LogP) is -0.254. The Morgan fingerprint density at radius 2 is 1.95 bits per heavy atom. The lowest BCUT2D eigenvalue weighted by Crippen LogP contribution is -2.52. The first-order valence-electron chi connectivity index (χ1n) is 6.74. The molecule has 0 spiro atoms. The first-order chi connectivity index (χ1) is 9.80. The molecule has 1 saturated heterocycles. The normalized spacial score (nSPS) is 17.6. The van der Waals surface area contributed by atoms with Gasteiger partial charge in [0.25, 0.3) is 0 Å². The lowest BCUT2D eigenvalue weighted by Gasteiger charge is -2.36. The summed E-state index contributed by atoms with van der Waals surface area (Å²) in [4.78, 5) is 20.0. The van der Waals surface area contributed by atoms with E-state index < -0.39 is 15.1 Å². The van der Waals surface area contributed by atoms with Crippen molar-refractivity contribution in [3.8, 4) is 0 Å². The molecule has 0 radical (unpaired) electrons. The lowest BCUT2D eigenvalue weighted by molar-refractivity contribution is -0.130. The summed E-state index contributed by atoms with van der Waals surface area (Å²) in [5.74, 6) is 0.368. The fraction of sp³-hybridized carbons (Fsp3) is 0.538. The first kappa shape index (κ1) is 15.6. The van der Waals surface area contributed by atoms with Crippen LogP contribution in [-0.2, 0) is 14.6 Å². The number of pyridine rings is 1. The second-order valence-electron chi connectivity index (χ2n) is 5.20. The molecule has 1 unspecified atom stereocenters. The summed E-state index contributed by atoms with van der Waals surface area (Å²) in [6.07, 6.45) is 2.76. The van der Waals surface area contributed by atoms with Crippen molar-refractivity contribution >= 4 is 27.2 Å². The monoisotopic (exact) mass is 312 g/mol. The van der Waals surface area contributed by atoms with Crippen LogP contribution in [0.25, 0.3) is 0 Å². The van der Waals surface area contributed by atoms with Crippen molar-refractivity contribution in [3.05, 3.63) is 18.3 Å². The Labute approximate surface area is 124 Å². The Bertz CT molecular complexity index is 624. The van der Waals surface area contributed by atoms with Crippen molar-refractivity contribution in [1.82, 2.24) is 9.88 Å². The van der Waals surface area contributed by atoms with Gasteiger partial charge in [-0.15, -0.1) is 0 Å². The maximum absolute atomic E-state index is 12.1. The summed E-state index contributed by atoms with van der Waals surface area (Å²) in [6, 6.07) is 3.55. The fourth-order valence-electron chi connectivity index (χ4n) is 2.25. The minimum absolute atomic E-state index is 0.342. The largest absolute Gasteiger partial charge is 0.396 e. The second-order valence-corrected chi connectivity index (χ2v) is 7.57. The van der Waals surface area contributed by atoms with Crippen LogP contribution < -0.4 is 10.6 Å². The highest BCUT2D eigenvalue weighted by Crippen LogP contribution is 2.20. The SMILES string of the molecule is CC(C(=O)N1CCN(c2ncccc2N)CC1)S(C)(=O)=O. The molecule has 0 aliphatic carbocycles. The zero-order valence-corrected chi connectivity index (χ0v) is 13.0. The third-order valence-corrected chi connectivity index (χ3v) is 5.18. The molecule has 0 aromatic carbocycles. The van der Waals surface area contributed by atoms with E-state index in [1.165, 1.54) is 6.92 Å². The number of hydrogen-bond acceptors (Lipinski definition) is 6. The van der Waals surface area contributed by atoms with E-state index in [4.69, 9.17) is 5.73 Å². The average Bonchev–Trinajstić information content (AvgIpc) is 2.45. The van der Waals surface area contributed by atoms with Crippen LogP contribution in [0.5, 0.6) is 0 Å². The molecule has 1 aliphatic rings. The van der Waals surface area contributed by atoms with E-state index in [2.05, 4.69) is 4.98 Å². The van der Waals surface area contributed by atoms with Crippen LogP contribution >= 0.6 is 0 Å². The van der Waals surface area contributed by atoms with Crippen LogP contribution in [0.4, 0.5) is 11.5 Å². The van der Waals surface area contributed by atoms with E-state index in [9.17, 15) is 13.2 Å². The van der Waals surface area contributed by atoms with Crippen LogP contribution in [0, 0.1) is 0 Å². The number of nitrogens with zero attached hydrogens (tertiary/aromatic N) is 3. The molecule has 8 heteroatoms. The summed E-state index contributed by atoms with van der Waals surface area (Å²) >= 11 is 0. The Morgan fingerprint density at radius 3 is 2.48 bits per heavy atom. The number of amides is 1. The van der Waals surface area contributed by atoms with Crippen LogP contribution in [0.2, 0.25) is 0 Å². The summed E-state index contributed by atoms with van der Waals surface area (Å²) in [6.45, 7) is 3.54. The van der Waals surface area contributed by atoms with Crippen molar-refractivity contribution < 1.29 is 13.2 Å². The Kier molecular flexibility index (Phi) is 4.36. The Hall–Kier alpha value is -1.83. The van der Waals surface area contributed by atoms with E-state index in [0.717, 1.165) is 6.26 Å². The number of hydrogen-bond donors (Lipinski definition) is 1. The average molecular weight is 312 g/mol. The molecule has 21 heavy (non-hydrogen) atoms. The van der Waals surface area contributed by atoms with Gasteiger partial charge < -0.3 is 15.5 Å². The minimum atomic E-state index is -3.36. The van der Waals surface area contributed by atoms with Gasteiger partial charge in [0.1, 0.15) is 5.25 Å². The molecule has 1 atom stereocenters. The molecule has 2 N–H and O–H groups in total. The van der Waals surface area contributed by atoms with Gasteiger partial charge in [0, 0.05) is 38.6 Å². The zero-order valence-electron chi connectivity index (χ0n) is 12.2. The lowest BCUT2D eigenvalue weighted by atomic mass is 10.2. The molecule has 7 nitrogen and oxygen atoms in total. The summed E-state index contributed by atoms with van der Waals surface area (Å²) in [7, 11) is -3.36. The fourth-order valence-corrected chi connectivity index (χ4v) is 2.77. The predicted molar refractivity (Wildman–Crippen MR) is 81.7 cm³/mol. The van der Waals surface area contributed by atoms with Crippen molar-refractivity contribution in [2.75, 3.05) is 43.1 Å². The van der Waals surface area contributed by atoms with Crippen LogP contribution in [-0.4, -0.2) is 61.9 Å². The molecule has 1 aromatic rings. The van der Waals surface area contributed by atoms with Gasteiger partial charge in [0.05, 0.1) is 5.69 Å². The molecule has 2 heterocycles. The second kappa shape index (κ2) is 5.88. The number of anilines is 2. The van der Waals surface area contributed by atoms with Gasteiger partial charge in [0.2, 0.25) is 5.91 Å². The number of carbonyl (C=O) groups excluding carboxylic acids is 1. The van der Waals surface area contributed by atoms with E-state index in [1.54, 1.807) is 23.2 Å². The molecule has 0 bridgehead atoms. The Balaban J connectivity index is 2.01. The van der Waals surface area contributed by atoms with E-state index >= 15 is 0 Å². The quantitative estimate of drug-likeness (QED) is 0.826. The summed E-state index contributed by atoms with van der Waals surface area (Å²) < 4.78 is 22.9. The van der Waals surface area contributed by atoms with Crippen molar-refractivity contribution in [1.29, 1.82) is 0 Å². The van der Waals surface area contributed by atoms with E-state index in [-0.39, 0.29) is 5.91 Å². The first-order valence-corrected chi connectivity index (χ1v) is 8.69. The number of aromatic nitrogens is 1. The molecule has 116 valence electrons. The van der Waals surface area contributed by atoms with Gasteiger partial charge in [-0.25, -0.2) is 13.4 Å². The van der Waals surface area contributed by atoms with E-state index in [0.29, 0.717) is 37.7 Å². The van der Waals surface area contributed by atoms with Gasteiger partial charge in [0.15, 0.2) is 15.7 Å². The smallest absolute Gasteiger partial charge is 0.240 e. The zero-order chi connectivity index (χ0) is 15.6.